The van der Waals surface area contributed by atoms with E-state index in [1.54, 1.807) is 0 Å². The first-order chi connectivity index (χ1) is 7.27. The summed E-state index contributed by atoms with van der Waals surface area (Å²) in [5.41, 5.74) is 6.33. The van der Waals surface area contributed by atoms with Crippen LogP contribution < -0.4 is 5.73 Å². The normalized spacial score (nSPS) is 31.7. The van der Waals surface area contributed by atoms with E-state index < -0.39 is 0 Å². The third-order valence-electron chi connectivity index (χ3n) is 3.86. The molecule has 3 N–H and O–H groups in total. The third kappa shape index (κ3) is 2.96. The second kappa shape index (κ2) is 5.03. The highest BCUT2D eigenvalue weighted by Crippen LogP contribution is 2.29. The zero-order valence-corrected chi connectivity index (χ0v) is 11.4. The fourth-order valence-electron chi connectivity index (χ4n) is 2.80. The molecule has 1 heterocycles. The summed E-state index contributed by atoms with van der Waals surface area (Å²) in [5.74, 6) is 0.719. The van der Waals surface area contributed by atoms with Gasteiger partial charge in [-0.15, -0.1) is 0 Å². The van der Waals surface area contributed by atoms with Crippen molar-refractivity contribution in [3.05, 3.63) is 0 Å². The van der Waals surface area contributed by atoms with Crippen molar-refractivity contribution in [3.8, 4) is 0 Å². The fourth-order valence-corrected chi connectivity index (χ4v) is 2.80. The van der Waals surface area contributed by atoms with Crippen LogP contribution in [0, 0.1) is 11.3 Å². The highest BCUT2D eigenvalue weighted by Gasteiger charge is 2.38. The van der Waals surface area contributed by atoms with Gasteiger partial charge in [0.15, 0.2) is 0 Å². The van der Waals surface area contributed by atoms with E-state index in [4.69, 9.17) is 5.73 Å². The molecular weight excluding hydrogens is 200 g/mol. The number of rotatable bonds is 3. The van der Waals surface area contributed by atoms with E-state index in [1.165, 1.54) is 6.42 Å². The van der Waals surface area contributed by atoms with Crippen LogP contribution in [0.1, 0.15) is 41.0 Å². The van der Waals surface area contributed by atoms with Gasteiger partial charge in [0.1, 0.15) is 0 Å². The van der Waals surface area contributed by atoms with Crippen LogP contribution in [0.5, 0.6) is 0 Å². The summed E-state index contributed by atoms with van der Waals surface area (Å²) in [5, 5.41) is 9.60. The Morgan fingerprint density at radius 1 is 1.38 bits per heavy atom. The van der Waals surface area contributed by atoms with Crippen molar-refractivity contribution in [1.82, 2.24) is 4.90 Å². The van der Waals surface area contributed by atoms with Crippen LogP contribution in [-0.2, 0) is 0 Å². The van der Waals surface area contributed by atoms with E-state index >= 15 is 0 Å². The lowest BCUT2D eigenvalue weighted by atomic mass is 9.82. The molecule has 0 aromatic carbocycles. The van der Waals surface area contributed by atoms with Crippen molar-refractivity contribution < 1.29 is 5.11 Å². The van der Waals surface area contributed by atoms with Crippen LogP contribution in [0.25, 0.3) is 0 Å². The number of aliphatic hydroxyl groups excluding tert-OH is 1. The van der Waals surface area contributed by atoms with E-state index in [0.29, 0.717) is 6.04 Å². The summed E-state index contributed by atoms with van der Waals surface area (Å²) in [4.78, 5) is 2.39. The Hall–Kier alpha value is -0.120. The zero-order chi connectivity index (χ0) is 12.5. The van der Waals surface area contributed by atoms with E-state index in [0.717, 1.165) is 12.5 Å². The summed E-state index contributed by atoms with van der Waals surface area (Å²) in [6.07, 6.45) is 1.22. The van der Waals surface area contributed by atoms with Crippen molar-refractivity contribution >= 4 is 0 Å². The summed E-state index contributed by atoms with van der Waals surface area (Å²) in [7, 11) is 0. The number of hydrogen-bond donors (Lipinski definition) is 2. The van der Waals surface area contributed by atoms with Crippen LogP contribution in [0.4, 0.5) is 0 Å². The predicted molar refractivity (Wildman–Crippen MR) is 68.3 cm³/mol. The monoisotopic (exact) mass is 228 g/mol. The number of likely N-dealkylation sites (tertiary alicyclic amines) is 1. The van der Waals surface area contributed by atoms with Crippen LogP contribution in [-0.4, -0.2) is 41.3 Å². The minimum absolute atomic E-state index is 0.0187. The van der Waals surface area contributed by atoms with E-state index in [-0.39, 0.29) is 24.1 Å². The maximum atomic E-state index is 9.60. The maximum Gasteiger partial charge on any atom is 0.0602 e. The Kier molecular flexibility index (Phi) is 4.38. The Morgan fingerprint density at radius 3 is 2.25 bits per heavy atom. The summed E-state index contributed by atoms with van der Waals surface area (Å²) in [6, 6.07) is 0.658. The van der Waals surface area contributed by atoms with E-state index in [9.17, 15) is 5.11 Å². The molecule has 3 heteroatoms. The molecule has 1 aliphatic rings. The topological polar surface area (TPSA) is 49.5 Å². The molecule has 0 saturated carbocycles. The van der Waals surface area contributed by atoms with Gasteiger partial charge in [0.2, 0.25) is 0 Å². The average Bonchev–Trinajstić information content (AvgIpc) is 2.45. The summed E-state index contributed by atoms with van der Waals surface area (Å²) in [6.45, 7) is 12.2. The van der Waals surface area contributed by atoms with Gasteiger partial charge in [-0.3, -0.25) is 4.90 Å². The van der Waals surface area contributed by atoms with Gasteiger partial charge in [-0.05, 0) is 24.7 Å². The van der Waals surface area contributed by atoms with Gasteiger partial charge in [0, 0.05) is 24.7 Å². The molecule has 4 atom stereocenters. The lowest BCUT2D eigenvalue weighted by molar-refractivity contribution is 0.0651. The smallest absolute Gasteiger partial charge is 0.0602 e. The molecule has 96 valence electrons. The standard InChI is InChI=1S/C13H28N2O/c1-9-6-10(2)15(7-9)11(8-16)12(14)13(3,4)5/h9-12,16H,6-8,14H2,1-5H3. The van der Waals surface area contributed by atoms with Gasteiger partial charge < -0.3 is 10.8 Å². The minimum Gasteiger partial charge on any atom is -0.395 e. The highest BCUT2D eigenvalue weighted by molar-refractivity contribution is 4.94. The molecule has 0 spiro atoms. The van der Waals surface area contributed by atoms with E-state index in [2.05, 4.69) is 39.5 Å². The van der Waals surface area contributed by atoms with Gasteiger partial charge in [0.05, 0.1) is 6.61 Å². The molecule has 0 aromatic heterocycles. The van der Waals surface area contributed by atoms with Crippen LogP contribution >= 0.6 is 0 Å². The summed E-state index contributed by atoms with van der Waals surface area (Å²) < 4.78 is 0. The highest BCUT2D eigenvalue weighted by atomic mass is 16.3. The van der Waals surface area contributed by atoms with Crippen LogP contribution in [0.15, 0.2) is 0 Å². The van der Waals surface area contributed by atoms with Crippen LogP contribution in [0.2, 0.25) is 0 Å². The second-order valence-corrected chi connectivity index (χ2v) is 6.53. The lowest BCUT2D eigenvalue weighted by Gasteiger charge is -2.40. The molecule has 0 bridgehead atoms. The molecular formula is C13H28N2O. The molecule has 0 aliphatic carbocycles. The van der Waals surface area contributed by atoms with Gasteiger partial charge in [-0.25, -0.2) is 0 Å². The first kappa shape index (κ1) is 13.9. The van der Waals surface area contributed by atoms with Gasteiger partial charge in [-0.2, -0.15) is 0 Å². The van der Waals surface area contributed by atoms with Crippen molar-refractivity contribution in [3.63, 3.8) is 0 Å². The molecule has 4 unspecified atom stereocenters. The largest absolute Gasteiger partial charge is 0.395 e. The summed E-state index contributed by atoms with van der Waals surface area (Å²) >= 11 is 0. The first-order valence-corrected chi connectivity index (χ1v) is 6.39. The van der Waals surface area contributed by atoms with Crippen molar-refractivity contribution in [1.29, 1.82) is 0 Å². The first-order valence-electron chi connectivity index (χ1n) is 6.39. The minimum atomic E-state index is 0.0187. The lowest BCUT2D eigenvalue weighted by Crippen LogP contribution is -2.56. The molecule has 0 radical (unpaired) electrons. The molecule has 1 saturated heterocycles. The van der Waals surface area contributed by atoms with Crippen molar-refractivity contribution in [2.45, 2.75) is 59.2 Å². The number of nitrogens with two attached hydrogens (primary N) is 1. The Balaban J connectivity index is 2.74. The number of nitrogens with zero attached hydrogens (tertiary/aromatic N) is 1. The Bertz CT molecular complexity index is 224. The molecule has 1 fully saturated rings. The molecule has 1 rings (SSSR count). The zero-order valence-electron chi connectivity index (χ0n) is 11.4. The van der Waals surface area contributed by atoms with Gasteiger partial charge in [0.25, 0.3) is 0 Å². The molecule has 3 nitrogen and oxygen atoms in total. The molecule has 16 heavy (non-hydrogen) atoms. The maximum absolute atomic E-state index is 9.60. The third-order valence-corrected chi connectivity index (χ3v) is 3.86. The predicted octanol–water partition coefficient (Wildman–Crippen LogP) is 1.45. The SMILES string of the molecule is CC1CC(C)N(C(CO)C(N)C(C)(C)C)C1. The van der Waals surface area contributed by atoms with E-state index in [1.807, 2.05) is 0 Å². The number of hydrogen-bond acceptors (Lipinski definition) is 3. The van der Waals surface area contributed by atoms with Crippen LogP contribution in [0.3, 0.4) is 0 Å². The fraction of sp³-hybridized carbons (Fsp3) is 1.00. The molecule has 1 aliphatic heterocycles. The molecule has 0 aromatic rings. The average molecular weight is 228 g/mol. The Labute approximate surface area is 100 Å². The molecule has 0 amide bonds. The Morgan fingerprint density at radius 2 is 1.94 bits per heavy atom. The van der Waals surface area contributed by atoms with Crippen molar-refractivity contribution in [2.75, 3.05) is 13.2 Å². The number of aliphatic hydroxyl groups is 1. The van der Waals surface area contributed by atoms with Gasteiger partial charge >= 0.3 is 0 Å². The quantitative estimate of drug-likeness (QED) is 0.769. The second-order valence-electron chi connectivity index (χ2n) is 6.53. The van der Waals surface area contributed by atoms with Crippen molar-refractivity contribution in [2.24, 2.45) is 17.1 Å². The van der Waals surface area contributed by atoms with Gasteiger partial charge in [-0.1, -0.05) is 27.7 Å².